The molecular formula is C11H14N2O2. The van der Waals surface area contributed by atoms with Gasteiger partial charge in [-0.3, -0.25) is 0 Å². The first kappa shape index (κ1) is 9.83. The summed E-state index contributed by atoms with van der Waals surface area (Å²) in [7, 11) is 2.02. The molecule has 0 unspecified atom stereocenters. The number of benzene rings is 1. The molecule has 0 fully saturated rings. The summed E-state index contributed by atoms with van der Waals surface area (Å²) in [5, 5.41) is 12.1. The van der Waals surface area contributed by atoms with Crippen molar-refractivity contribution in [2.75, 3.05) is 30.4 Å². The summed E-state index contributed by atoms with van der Waals surface area (Å²) in [5.41, 5.74) is 2.31. The molecule has 0 saturated heterocycles. The van der Waals surface area contributed by atoms with Crippen molar-refractivity contribution in [3.8, 4) is 0 Å². The van der Waals surface area contributed by atoms with Crippen LogP contribution in [0.25, 0.3) is 0 Å². The maximum absolute atomic E-state index is 10.8. The van der Waals surface area contributed by atoms with Crippen LogP contribution in [0.15, 0.2) is 18.2 Å². The number of fused-ring (bicyclic) bond motifs is 1. The SMILES string of the molecule is CN1CCCNc2cc(C(=O)O)ccc21. The molecular weight excluding hydrogens is 192 g/mol. The van der Waals surface area contributed by atoms with Gasteiger partial charge in [0.2, 0.25) is 0 Å². The standard InChI is InChI=1S/C11H14N2O2/c1-13-6-2-5-12-9-7-8(11(14)15)3-4-10(9)13/h3-4,7,12H,2,5-6H2,1H3,(H,14,15). The summed E-state index contributed by atoms with van der Waals surface area (Å²) >= 11 is 0. The summed E-state index contributed by atoms with van der Waals surface area (Å²) in [6.45, 7) is 1.88. The number of anilines is 2. The molecule has 0 saturated carbocycles. The monoisotopic (exact) mass is 206 g/mol. The van der Waals surface area contributed by atoms with E-state index in [0.717, 1.165) is 30.9 Å². The molecule has 0 aromatic heterocycles. The van der Waals surface area contributed by atoms with Gasteiger partial charge in [-0.2, -0.15) is 0 Å². The van der Waals surface area contributed by atoms with Crippen LogP contribution in [-0.4, -0.2) is 31.2 Å². The van der Waals surface area contributed by atoms with Gasteiger partial charge in [-0.15, -0.1) is 0 Å². The third kappa shape index (κ3) is 1.88. The zero-order valence-corrected chi connectivity index (χ0v) is 8.66. The number of rotatable bonds is 1. The first-order chi connectivity index (χ1) is 7.18. The lowest BCUT2D eigenvalue weighted by molar-refractivity contribution is 0.0697. The van der Waals surface area contributed by atoms with E-state index in [9.17, 15) is 4.79 Å². The maximum atomic E-state index is 10.8. The van der Waals surface area contributed by atoms with E-state index in [1.807, 2.05) is 13.1 Å². The number of hydrogen-bond acceptors (Lipinski definition) is 3. The van der Waals surface area contributed by atoms with E-state index < -0.39 is 5.97 Å². The van der Waals surface area contributed by atoms with Crippen LogP contribution < -0.4 is 10.2 Å². The quantitative estimate of drug-likeness (QED) is 0.733. The van der Waals surface area contributed by atoms with Gasteiger partial charge < -0.3 is 15.3 Å². The van der Waals surface area contributed by atoms with Crippen LogP contribution in [0.1, 0.15) is 16.8 Å². The highest BCUT2D eigenvalue weighted by Gasteiger charge is 2.13. The molecule has 1 aliphatic heterocycles. The number of carbonyl (C=O) groups is 1. The zero-order chi connectivity index (χ0) is 10.8. The predicted molar refractivity (Wildman–Crippen MR) is 59.8 cm³/mol. The van der Waals surface area contributed by atoms with Crippen molar-refractivity contribution in [2.45, 2.75) is 6.42 Å². The third-order valence-electron chi connectivity index (χ3n) is 2.64. The number of carboxylic acids is 1. The van der Waals surface area contributed by atoms with Gasteiger partial charge in [-0.1, -0.05) is 0 Å². The Morgan fingerprint density at radius 3 is 3.07 bits per heavy atom. The lowest BCUT2D eigenvalue weighted by atomic mass is 10.1. The highest BCUT2D eigenvalue weighted by molar-refractivity contribution is 5.91. The molecule has 4 heteroatoms. The van der Waals surface area contributed by atoms with Crippen LogP contribution in [0.2, 0.25) is 0 Å². The van der Waals surface area contributed by atoms with Crippen molar-refractivity contribution in [2.24, 2.45) is 0 Å². The minimum atomic E-state index is -0.883. The molecule has 1 aliphatic rings. The first-order valence-corrected chi connectivity index (χ1v) is 5.01. The van der Waals surface area contributed by atoms with E-state index in [2.05, 4.69) is 10.2 Å². The molecule has 1 aromatic rings. The summed E-state index contributed by atoms with van der Waals surface area (Å²) < 4.78 is 0. The predicted octanol–water partition coefficient (Wildman–Crippen LogP) is 1.64. The van der Waals surface area contributed by atoms with E-state index in [0.29, 0.717) is 5.56 Å². The van der Waals surface area contributed by atoms with Gasteiger partial charge in [0.1, 0.15) is 0 Å². The first-order valence-electron chi connectivity index (χ1n) is 5.01. The summed E-state index contributed by atoms with van der Waals surface area (Å²) in [5.74, 6) is -0.883. The van der Waals surface area contributed by atoms with Gasteiger partial charge in [-0.25, -0.2) is 4.79 Å². The van der Waals surface area contributed by atoms with Crippen LogP contribution in [0, 0.1) is 0 Å². The Kier molecular flexibility index (Phi) is 2.49. The van der Waals surface area contributed by atoms with E-state index in [1.54, 1.807) is 12.1 Å². The van der Waals surface area contributed by atoms with Gasteiger partial charge in [0.25, 0.3) is 0 Å². The van der Waals surface area contributed by atoms with Crippen LogP contribution in [-0.2, 0) is 0 Å². The molecule has 80 valence electrons. The largest absolute Gasteiger partial charge is 0.478 e. The summed E-state index contributed by atoms with van der Waals surface area (Å²) in [4.78, 5) is 13.0. The van der Waals surface area contributed by atoms with Crippen LogP contribution in [0.5, 0.6) is 0 Å². The number of nitrogens with one attached hydrogen (secondary N) is 1. The molecule has 0 aliphatic carbocycles. The van der Waals surface area contributed by atoms with Gasteiger partial charge in [0.05, 0.1) is 16.9 Å². The zero-order valence-electron chi connectivity index (χ0n) is 8.66. The van der Waals surface area contributed by atoms with Crippen LogP contribution in [0.3, 0.4) is 0 Å². The Morgan fingerprint density at radius 1 is 1.53 bits per heavy atom. The lowest BCUT2D eigenvalue weighted by Crippen LogP contribution is -2.17. The Hall–Kier alpha value is -1.71. The third-order valence-corrected chi connectivity index (χ3v) is 2.64. The Labute approximate surface area is 88.5 Å². The van der Waals surface area contributed by atoms with Gasteiger partial charge in [0.15, 0.2) is 0 Å². The van der Waals surface area contributed by atoms with E-state index in [1.165, 1.54) is 0 Å². The molecule has 0 radical (unpaired) electrons. The second-order valence-electron chi connectivity index (χ2n) is 3.74. The molecule has 1 aromatic carbocycles. The van der Waals surface area contributed by atoms with Crippen molar-refractivity contribution < 1.29 is 9.90 Å². The highest BCUT2D eigenvalue weighted by Crippen LogP contribution is 2.28. The molecule has 4 nitrogen and oxygen atoms in total. The normalized spacial score (nSPS) is 15.1. The second kappa shape index (κ2) is 3.81. The van der Waals surface area contributed by atoms with Gasteiger partial charge in [-0.05, 0) is 24.6 Å². The Bertz CT molecular complexity index is 390. The van der Waals surface area contributed by atoms with Crippen LogP contribution in [0.4, 0.5) is 11.4 Å². The molecule has 1 heterocycles. The van der Waals surface area contributed by atoms with Gasteiger partial charge >= 0.3 is 5.97 Å². The second-order valence-corrected chi connectivity index (χ2v) is 3.74. The number of carboxylic acid groups (broad SMARTS) is 1. The molecule has 2 rings (SSSR count). The minimum absolute atomic E-state index is 0.330. The van der Waals surface area contributed by atoms with Crippen molar-refractivity contribution in [1.82, 2.24) is 0 Å². The Balaban J connectivity index is 2.42. The van der Waals surface area contributed by atoms with E-state index >= 15 is 0 Å². The molecule has 0 bridgehead atoms. The number of hydrogen-bond donors (Lipinski definition) is 2. The summed E-state index contributed by atoms with van der Waals surface area (Å²) in [6, 6.07) is 5.20. The smallest absolute Gasteiger partial charge is 0.335 e. The highest BCUT2D eigenvalue weighted by atomic mass is 16.4. The minimum Gasteiger partial charge on any atom is -0.478 e. The molecule has 0 atom stereocenters. The van der Waals surface area contributed by atoms with Crippen molar-refractivity contribution in [1.29, 1.82) is 0 Å². The Morgan fingerprint density at radius 2 is 2.33 bits per heavy atom. The van der Waals surface area contributed by atoms with E-state index in [4.69, 9.17) is 5.11 Å². The fourth-order valence-electron chi connectivity index (χ4n) is 1.80. The maximum Gasteiger partial charge on any atom is 0.335 e. The fourth-order valence-corrected chi connectivity index (χ4v) is 1.80. The molecule has 2 N–H and O–H groups in total. The summed E-state index contributed by atoms with van der Waals surface area (Å²) in [6.07, 6.45) is 1.06. The van der Waals surface area contributed by atoms with Crippen molar-refractivity contribution >= 4 is 17.3 Å². The molecule has 0 spiro atoms. The van der Waals surface area contributed by atoms with Crippen molar-refractivity contribution in [3.63, 3.8) is 0 Å². The average molecular weight is 206 g/mol. The van der Waals surface area contributed by atoms with E-state index in [-0.39, 0.29) is 0 Å². The fraction of sp³-hybridized carbons (Fsp3) is 0.364. The van der Waals surface area contributed by atoms with Crippen molar-refractivity contribution in [3.05, 3.63) is 23.8 Å². The average Bonchev–Trinajstić information content (AvgIpc) is 2.40. The molecule has 0 amide bonds. The number of nitrogens with zero attached hydrogens (tertiary/aromatic N) is 1. The number of aromatic carboxylic acids is 1. The van der Waals surface area contributed by atoms with Gasteiger partial charge in [0, 0.05) is 20.1 Å². The molecule has 15 heavy (non-hydrogen) atoms. The topological polar surface area (TPSA) is 52.6 Å². The lowest BCUT2D eigenvalue weighted by Gasteiger charge is -2.18. The van der Waals surface area contributed by atoms with Crippen LogP contribution >= 0.6 is 0 Å².